The van der Waals surface area contributed by atoms with Crippen molar-refractivity contribution in [3.8, 4) is 0 Å². The van der Waals surface area contributed by atoms with Gasteiger partial charge in [-0.3, -0.25) is 4.68 Å². The van der Waals surface area contributed by atoms with Gasteiger partial charge in [-0.1, -0.05) is 6.42 Å². The van der Waals surface area contributed by atoms with E-state index in [1.807, 2.05) is 16.9 Å². The Morgan fingerprint density at radius 3 is 2.94 bits per heavy atom. The van der Waals surface area contributed by atoms with Crippen LogP contribution in [0.5, 0.6) is 0 Å². The topological polar surface area (TPSA) is 47.1 Å². The Hall–Kier alpha value is -1.03. The zero-order chi connectivity index (χ0) is 11.4. The fourth-order valence-corrected chi connectivity index (χ4v) is 2.21. The van der Waals surface area contributed by atoms with Gasteiger partial charge in [0.1, 0.15) is 5.82 Å². The first-order valence-corrected chi connectivity index (χ1v) is 6.21. The molecule has 1 aromatic heterocycles. The molecule has 0 aliphatic heterocycles. The molecular formula is C12H22N4. The van der Waals surface area contributed by atoms with Crippen LogP contribution >= 0.6 is 0 Å². The molecule has 0 amide bonds. The standard InChI is InChI=1S/C12H22N4/c1-15(10-11-4-2-5-11)7-3-8-16-9-6-12(13)14-16/h6,9,11H,2-5,7-8,10H2,1H3,(H2,13,14). The molecule has 0 radical (unpaired) electrons. The lowest BCUT2D eigenvalue weighted by Crippen LogP contribution is -2.30. The molecule has 0 aromatic carbocycles. The molecule has 1 saturated carbocycles. The molecule has 4 nitrogen and oxygen atoms in total. The maximum absolute atomic E-state index is 5.56. The summed E-state index contributed by atoms with van der Waals surface area (Å²) >= 11 is 0. The number of nitrogen functional groups attached to an aromatic ring is 1. The Morgan fingerprint density at radius 1 is 1.56 bits per heavy atom. The lowest BCUT2D eigenvalue weighted by Gasteiger charge is -2.30. The second-order valence-electron chi connectivity index (χ2n) is 4.92. The number of hydrogen-bond donors (Lipinski definition) is 1. The molecule has 1 aliphatic carbocycles. The number of hydrogen-bond acceptors (Lipinski definition) is 3. The largest absolute Gasteiger partial charge is 0.382 e. The summed E-state index contributed by atoms with van der Waals surface area (Å²) < 4.78 is 1.92. The van der Waals surface area contributed by atoms with Gasteiger partial charge in [0.15, 0.2) is 0 Å². The summed E-state index contributed by atoms with van der Waals surface area (Å²) in [5.41, 5.74) is 5.56. The van der Waals surface area contributed by atoms with Gasteiger partial charge in [0.2, 0.25) is 0 Å². The zero-order valence-electron chi connectivity index (χ0n) is 10.1. The van der Waals surface area contributed by atoms with E-state index in [0.717, 1.165) is 25.4 Å². The summed E-state index contributed by atoms with van der Waals surface area (Å²) in [6.07, 6.45) is 7.39. The van der Waals surface area contributed by atoms with Gasteiger partial charge in [-0.05, 0) is 44.8 Å². The van der Waals surface area contributed by atoms with E-state index in [1.165, 1.54) is 25.8 Å². The normalized spacial score (nSPS) is 16.6. The van der Waals surface area contributed by atoms with Crippen molar-refractivity contribution in [2.24, 2.45) is 5.92 Å². The highest BCUT2D eigenvalue weighted by atomic mass is 15.3. The van der Waals surface area contributed by atoms with Gasteiger partial charge in [-0.15, -0.1) is 0 Å². The van der Waals surface area contributed by atoms with E-state index in [-0.39, 0.29) is 0 Å². The highest BCUT2D eigenvalue weighted by Gasteiger charge is 2.18. The van der Waals surface area contributed by atoms with Gasteiger partial charge in [0, 0.05) is 19.3 Å². The van der Waals surface area contributed by atoms with Crippen molar-refractivity contribution in [1.82, 2.24) is 14.7 Å². The lowest BCUT2D eigenvalue weighted by atomic mass is 9.85. The molecule has 1 aliphatic rings. The van der Waals surface area contributed by atoms with Crippen molar-refractivity contribution < 1.29 is 0 Å². The zero-order valence-corrected chi connectivity index (χ0v) is 10.1. The third kappa shape index (κ3) is 3.23. The number of nitrogens with two attached hydrogens (primary N) is 1. The fourth-order valence-electron chi connectivity index (χ4n) is 2.21. The predicted molar refractivity (Wildman–Crippen MR) is 66.1 cm³/mol. The monoisotopic (exact) mass is 222 g/mol. The van der Waals surface area contributed by atoms with Gasteiger partial charge in [-0.25, -0.2) is 0 Å². The molecule has 1 heterocycles. The van der Waals surface area contributed by atoms with Gasteiger partial charge in [0.25, 0.3) is 0 Å². The Balaban J connectivity index is 1.59. The number of rotatable bonds is 6. The maximum Gasteiger partial charge on any atom is 0.145 e. The SMILES string of the molecule is CN(CCCn1ccc(N)n1)CC1CCC1. The molecule has 0 spiro atoms. The second kappa shape index (κ2) is 5.34. The van der Waals surface area contributed by atoms with Crippen LogP contribution in [-0.2, 0) is 6.54 Å². The average molecular weight is 222 g/mol. The maximum atomic E-state index is 5.56. The molecule has 4 heteroatoms. The van der Waals surface area contributed by atoms with Crippen LogP contribution in [-0.4, -0.2) is 34.8 Å². The van der Waals surface area contributed by atoms with E-state index >= 15 is 0 Å². The summed E-state index contributed by atoms with van der Waals surface area (Å²) in [6.45, 7) is 3.38. The number of anilines is 1. The van der Waals surface area contributed by atoms with E-state index in [1.54, 1.807) is 0 Å². The van der Waals surface area contributed by atoms with Crippen LogP contribution in [0.15, 0.2) is 12.3 Å². The third-order valence-corrected chi connectivity index (χ3v) is 3.38. The minimum atomic E-state index is 0.614. The Bertz CT molecular complexity index is 317. The molecule has 0 saturated heterocycles. The molecule has 2 N–H and O–H groups in total. The summed E-state index contributed by atoms with van der Waals surface area (Å²) in [7, 11) is 2.22. The molecule has 0 bridgehead atoms. The molecule has 2 rings (SSSR count). The van der Waals surface area contributed by atoms with Crippen LogP contribution in [0.3, 0.4) is 0 Å². The quantitative estimate of drug-likeness (QED) is 0.795. The first kappa shape index (κ1) is 11.5. The summed E-state index contributed by atoms with van der Waals surface area (Å²) in [4.78, 5) is 2.44. The van der Waals surface area contributed by atoms with Gasteiger partial charge >= 0.3 is 0 Å². The van der Waals surface area contributed by atoms with E-state index in [2.05, 4.69) is 17.0 Å². The van der Waals surface area contributed by atoms with Crippen LogP contribution in [0.2, 0.25) is 0 Å². The Labute approximate surface area is 97.4 Å². The summed E-state index contributed by atoms with van der Waals surface area (Å²) in [5, 5.41) is 4.17. The first-order chi connectivity index (χ1) is 7.74. The highest BCUT2D eigenvalue weighted by molar-refractivity contribution is 5.23. The minimum absolute atomic E-state index is 0.614. The second-order valence-corrected chi connectivity index (χ2v) is 4.92. The van der Waals surface area contributed by atoms with Crippen molar-refractivity contribution in [3.05, 3.63) is 12.3 Å². The molecule has 0 atom stereocenters. The highest BCUT2D eigenvalue weighted by Crippen LogP contribution is 2.26. The van der Waals surface area contributed by atoms with Crippen LogP contribution in [0.4, 0.5) is 5.82 Å². The molecule has 90 valence electrons. The van der Waals surface area contributed by atoms with E-state index < -0.39 is 0 Å². The first-order valence-electron chi connectivity index (χ1n) is 6.21. The number of aromatic nitrogens is 2. The van der Waals surface area contributed by atoms with Gasteiger partial charge in [-0.2, -0.15) is 5.10 Å². The smallest absolute Gasteiger partial charge is 0.145 e. The average Bonchev–Trinajstić information content (AvgIpc) is 2.58. The van der Waals surface area contributed by atoms with Crippen LogP contribution in [0.1, 0.15) is 25.7 Å². The van der Waals surface area contributed by atoms with Crippen molar-refractivity contribution in [2.45, 2.75) is 32.2 Å². The van der Waals surface area contributed by atoms with E-state index in [9.17, 15) is 0 Å². The third-order valence-electron chi connectivity index (χ3n) is 3.38. The molecule has 1 aromatic rings. The summed E-state index contributed by atoms with van der Waals surface area (Å²) in [6, 6.07) is 1.85. The van der Waals surface area contributed by atoms with Crippen molar-refractivity contribution >= 4 is 5.82 Å². The van der Waals surface area contributed by atoms with Crippen molar-refractivity contribution in [2.75, 3.05) is 25.9 Å². The van der Waals surface area contributed by atoms with Crippen LogP contribution < -0.4 is 5.73 Å². The minimum Gasteiger partial charge on any atom is -0.382 e. The number of nitrogens with zero attached hydrogens (tertiary/aromatic N) is 3. The molecular weight excluding hydrogens is 200 g/mol. The number of aryl methyl sites for hydroxylation is 1. The van der Waals surface area contributed by atoms with E-state index in [4.69, 9.17) is 5.73 Å². The Morgan fingerprint density at radius 2 is 2.38 bits per heavy atom. The van der Waals surface area contributed by atoms with Crippen molar-refractivity contribution in [3.63, 3.8) is 0 Å². The van der Waals surface area contributed by atoms with Gasteiger partial charge < -0.3 is 10.6 Å². The fraction of sp³-hybridized carbons (Fsp3) is 0.750. The van der Waals surface area contributed by atoms with Crippen LogP contribution in [0.25, 0.3) is 0 Å². The molecule has 0 unspecified atom stereocenters. The molecule has 1 fully saturated rings. The summed E-state index contributed by atoms with van der Waals surface area (Å²) in [5.74, 6) is 1.58. The Kier molecular flexibility index (Phi) is 3.83. The van der Waals surface area contributed by atoms with Crippen LogP contribution in [0, 0.1) is 5.92 Å². The molecule has 16 heavy (non-hydrogen) atoms. The van der Waals surface area contributed by atoms with Gasteiger partial charge in [0.05, 0.1) is 0 Å². The lowest BCUT2D eigenvalue weighted by molar-refractivity contribution is 0.201. The predicted octanol–water partition coefficient (Wildman–Crippen LogP) is 1.59. The van der Waals surface area contributed by atoms with E-state index in [0.29, 0.717) is 5.82 Å². The van der Waals surface area contributed by atoms with Crippen molar-refractivity contribution in [1.29, 1.82) is 0 Å².